The lowest BCUT2D eigenvalue weighted by Gasteiger charge is -2.15. The van der Waals surface area contributed by atoms with Crippen molar-refractivity contribution in [1.82, 2.24) is 5.32 Å². The minimum absolute atomic E-state index is 0.261. The maximum atomic E-state index is 9.32. The molecule has 0 spiro atoms. The van der Waals surface area contributed by atoms with Gasteiger partial charge < -0.3 is 20.6 Å². The van der Waals surface area contributed by atoms with E-state index in [2.05, 4.69) is 5.32 Å². The van der Waals surface area contributed by atoms with Gasteiger partial charge in [0.05, 0.1) is 12.7 Å². The van der Waals surface area contributed by atoms with Crippen molar-refractivity contribution in [2.45, 2.75) is 18.8 Å². The number of hydrogen-bond donors (Lipinski definition) is 4. The summed E-state index contributed by atoms with van der Waals surface area (Å²) in [5.74, 6) is 0. The number of rotatable bonds is 6. The van der Waals surface area contributed by atoms with Crippen molar-refractivity contribution in [1.29, 1.82) is 0 Å². The maximum absolute atomic E-state index is 9.32. The van der Waals surface area contributed by atoms with Gasteiger partial charge in [-0.2, -0.15) is 0 Å². The molecule has 1 rings (SSSR count). The maximum Gasteiger partial charge on any atom is 0.104 e. The van der Waals surface area contributed by atoms with Gasteiger partial charge in [-0.15, -0.1) is 0 Å². The van der Waals surface area contributed by atoms with E-state index in [1.165, 1.54) is 0 Å². The normalized spacial score (nSPS) is 14.9. The summed E-state index contributed by atoms with van der Waals surface area (Å²) < 4.78 is 0. The molecule has 2 unspecified atom stereocenters. The molecule has 0 aromatic heterocycles. The van der Waals surface area contributed by atoms with Crippen LogP contribution in [0.3, 0.4) is 0 Å². The number of aliphatic hydroxyl groups excluding tert-OH is 3. The average molecular weight is 211 g/mol. The molecule has 4 N–H and O–H groups in total. The summed E-state index contributed by atoms with van der Waals surface area (Å²) in [4.78, 5) is 0. The van der Waals surface area contributed by atoms with E-state index in [-0.39, 0.29) is 6.54 Å². The lowest BCUT2D eigenvalue weighted by Crippen LogP contribution is -2.38. The summed E-state index contributed by atoms with van der Waals surface area (Å²) in [6.45, 7) is 0.473. The highest BCUT2D eigenvalue weighted by Gasteiger charge is 2.13. The van der Waals surface area contributed by atoms with E-state index >= 15 is 0 Å². The zero-order valence-corrected chi connectivity index (χ0v) is 8.50. The van der Waals surface area contributed by atoms with E-state index in [4.69, 9.17) is 10.2 Å². The van der Waals surface area contributed by atoms with E-state index in [1.54, 1.807) is 0 Å². The van der Waals surface area contributed by atoms with Crippen LogP contribution in [-0.2, 0) is 6.54 Å². The second-order valence-corrected chi connectivity index (χ2v) is 3.43. The topological polar surface area (TPSA) is 72.7 Å². The van der Waals surface area contributed by atoms with Crippen molar-refractivity contribution in [3.63, 3.8) is 0 Å². The number of aliphatic hydroxyl groups is 3. The zero-order chi connectivity index (χ0) is 11.1. The van der Waals surface area contributed by atoms with Crippen LogP contribution < -0.4 is 5.32 Å². The van der Waals surface area contributed by atoms with Crippen molar-refractivity contribution < 1.29 is 15.3 Å². The largest absolute Gasteiger partial charge is 0.394 e. The highest BCUT2D eigenvalue weighted by molar-refractivity contribution is 5.14. The average Bonchev–Trinajstić information content (AvgIpc) is 2.29. The second-order valence-electron chi connectivity index (χ2n) is 3.43. The van der Waals surface area contributed by atoms with E-state index in [1.807, 2.05) is 30.3 Å². The van der Waals surface area contributed by atoms with Crippen molar-refractivity contribution >= 4 is 0 Å². The minimum atomic E-state index is -1.08. The Kier molecular flexibility index (Phi) is 5.28. The van der Waals surface area contributed by atoms with Gasteiger partial charge in [0.2, 0.25) is 0 Å². The van der Waals surface area contributed by atoms with Crippen molar-refractivity contribution in [2.75, 3.05) is 13.2 Å². The molecule has 0 fully saturated rings. The van der Waals surface area contributed by atoms with Crippen LogP contribution in [0, 0.1) is 0 Å². The first-order valence-corrected chi connectivity index (χ1v) is 4.95. The molecule has 4 nitrogen and oxygen atoms in total. The number of nitrogens with one attached hydrogen (secondary N) is 1. The van der Waals surface area contributed by atoms with Crippen LogP contribution in [0.2, 0.25) is 0 Å². The molecule has 1 aromatic rings. The molecule has 0 heterocycles. The summed E-state index contributed by atoms with van der Waals surface area (Å²) in [7, 11) is 0. The fourth-order valence-corrected chi connectivity index (χ4v) is 1.22. The first kappa shape index (κ1) is 12.1. The predicted molar refractivity (Wildman–Crippen MR) is 57.2 cm³/mol. The first-order chi connectivity index (χ1) is 7.24. The van der Waals surface area contributed by atoms with Crippen LogP contribution in [-0.4, -0.2) is 40.7 Å². The van der Waals surface area contributed by atoms with Gasteiger partial charge in [0.1, 0.15) is 6.10 Å². The van der Waals surface area contributed by atoms with Gasteiger partial charge in [0.25, 0.3) is 0 Å². The molecule has 2 atom stereocenters. The van der Waals surface area contributed by atoms with E-state index in [0.29, 0.717) is 6.54 Å². The Bertz CT molecular complexity index is 266. The molecule has 15 heavy (non-hydrogen) atoms. The Labute approximate surface area is 89.2 Å². The SMILES string of the molecule is OCC(O)C(O)CNCc1ccccc1. The van der Waals surface area contributed by atoms with E-state index < -0.39 is 18.8 Å². The molecule has 84 valence electrons. The Morgan fingerprint density at radius 1 is 1.07 bits per heavy atom. The fourth-order valence-electron chi connectivity index (χ4n) is 1.22. The van der Waals surface area contributed by atoms with Gasteiger partial charge >= 0.3 is 0 Å². The highest BCUT2D eigenvalue weighted by atomic mass is 16.4. The molecule has 0 saturated carbocycles. The smallest absolute Gasteiger partial charge is 0.104 e. The summed E-state index contributed by atoms with van der Waals surface area (Å²) in [6.07, 6.45) is -2.01. The summed E-state index contributed by atoms with van der Waals surface area (Å²) in [6, 6.07) is 9.77. The number of hydrogen-bond acceptors (Lipinski definition) is 4. The van der Waals surface area contributed by atoms with Crippen LogP contribution in [0.25, 0.3) is 0 Å². The lowest BCUT2D eigenvalue weighted by atomic mass is 10.2. The molecule has 4 heteroatoms. The molecular weight excluding hydrogens is 194 g/mol. The summed E-state index contributed by atoms with van der Waals surface area (Å²) in [5.41, 5.74) is 1.11. The molecule has 0 aliphatic carbocycles. The van der Waals surface area contributed by atoms with Crippen molar-refractivity contribution in [3.8, 4) is 0 Å². The van der Waals surface area contributed by atoms with Crippen molar-refractivity contribution in [2.24, 2.45) is 0 Å². The van der Waals surface area contributed by atoms with Gasteiger partial charge in [0, 0.05) is 13.1 Å². The third-order valence-electron chi connectivity index (χ3n) is 2.16. The molecule has 0 saturated heterocycles. The number of benzene rings is 1. The standard InChI is InChI=1S/C11H17NO3/c13-8-11(15)10(14)7-12-6-9-4-2-1-3-5-9/h1-5,10-15H,6-8H2. The van der Waals surface area contributed by atoms with Crippen LogP contribution in [0.15, 0.2) is 30.3 Å². The molecule has 0 amide bonds. The Morgan fingerprint density at radius 2 is 1.73 bits per heavy atom. The van der Waals surface area contributed by atoms with Crippen LogP contribution in [0.1, 0.15) is 5.56 Å². The first-order valence-electron chi connectivity index (χ1n) is 4.95. The third-order valence-corrected chi connectivity index (χ3v) is 2.16. The van der Waals surface area contributed by atoms with Crippen LogP contribution in [0.4, 0.5) is 0 Å². The van der Waals surface area contributed by atoms with Crippen LogP contribution >= 0.6 is 0 Å². The summed E-state index contributed by atoms with van der Waals surface area (Å²) in [5, 5.41) is 30.0. The Morgan fingerprint density at radius 3 is 2.33 bits per heavy atom. The van der Waals surface area contributed by atoms with Gasteiger partial charge in [-0.25, -0.2) is 0 Å². The monoisotopic (exact) mass is 211 g/mol. The minimum Gasteiger partial charge on any atom is -0.394 e. The zero-order valence-electron chi connectivity index (χ0n) is 8.50. The molecule has 0 radical (unpaired) electrons. The summed E-state index contributed by atoms with van der Waals surface area (Å²) >= 11 is 0. The van der Waals surface area contributed by atoms with E-state index in [0.717, 1.165) is 5.56 Å². The predicted octanol–water partition coefficient (Wildman–Crippen LogP) is -0.510. The van der Waals surface area contributed by atoms with Gasteiger partial charge in [-0.3, -0.25) is 0 Å². The van der Waals surface area contributed by atoms with Gasteiger partial charge in [-0.05, 0) is 5.56 Å². The Hall–Kier alpha value is -0.940. The molecule has 0 bridgehead atoms. The Balaban J connectivity index is 2.22. The molecular formula is C11H17NO3. The highest BCUT2D eigenvalue weighted by Crippen LogP contribution is 1.97. The molecule has 0 aliphatic heterocycles. The van der Waals surface area contributed by atoms with E-state index in [9.17, 15) is 5.11 Å². The molecule has 1 aromatic carbocycles. The van der Waals surface area contributed by atoms with Gasteiger partial charge in [0.15, 0.2) is 0 Å². The lowest BCUT2D eigenvalue weighted by molar-refractivity contribution is -0.0129. The third kappa shape index (κ3) is 4.40. The quantitative estimate of drug-likeness (QED) is 0.511. The van der Waals surface area contributed by atoms with Crippen molar-refractivity contribution in [3.05, 3.63) is 35.9 Å². The second kappa shape index (κ2) is 6.53. The van der Waals surface area contributed by atoms with Crippen LogP contribution in [0.5, 0.6) is 0 Å². The van der Waals surface area contributed by atoms with Gasteiger partial charge in [-0.1, -0.05) is 30.3 Å². The molecule has 0 aliphatic rings. The fraction of sp³-hybridized carbons (Fsp3) is 0.455.